The highest BCUT2D eigenvalue weighted by atomic mass is 32.1. The van der Waals surface area contributed by atoms with Gasteiger partial charge in [-0.15, -0.1) is 11.3 Å². The zero-order valence-electron chi connectivity index (χ0n) is 16.4. The number of guanidine groups is 1. The Hall–Kier alpha value is -1.92. The number of hydrogen-bond donors (Lipinski definition) is 2. The van der Waals surface area contributed by atoms with Crippen LogP contribution < -0.4 is 10.6 Å². The molecule has 1 aliphatic heterocycles. The third kappa shape index (κ3) is 5.53. The number of benzene rings is 1. The quantitative estimate of drug-likeness (QED) is 0.556. The predicted molar refractivity (Wildman–Crippen MR) is 112 cm³/mol. The maximum Gasteiger partial charge on any atom is 0.191 e. The number of aromatic nitrogens is 1. The van der Waals surface area contributed by atoms with Crippen LogP contribution in [0.2, 0.25) is 0 Å². The Bertz CT molecular complexity index is 729. The van der Waals surface area contributed by atoms with Gasteiger partial charge in [0.25, 0.3) is 0 Å². The number of hydrogen-bond acceptors (Lipinski definition) is 4. The average molecular weight is 387 g/mol. The number of nitrogens with zero attached hydrogens (tertiary/aromatic N) is 2. The van der Waals surface area contributed by atoms with Crippen LogP contribution in [0.1, 0.15) is 55.5 Å². The topological polar surface area (TPSA) is 58.5 Å². The van der Waals surface area contributed by atoms with Gasteiger partial charge in [0.05, 0.1) is 18.3 Å². The molecule has 1 aliphatic rings. The molecule has 2 atom stereocenters. The minimum Gasteiger partial charge on any atom is -0.373 e. The normalized spacial score (nSPS) is 20.2. The number of rotatable bonds is 7. The van der Waals surface area contributed by atoms with Gasteiger partial charge >= 0.3 is 0 Å². The van der Waals surface area contributed by atoms with Gasteiger partial charge in [0, 0.05) is 31.0 Å². The summed E-state index contributed by atoms with van der Waals surface area (Å²) in [7, 11) is 0. The lowest BCUT2D eigenvalue weighted by atomic mass is 9.95. The monoisotopic (exact) mass is 386 g/mol. The molecule has 6 heteroatoms. The summed E-state index contributed by atoms with van der Waals surface area (Å²) in [4.78, 5) is 9.38. The molecule has 3 rings (SSSR count). The number of ether oxygens (including phenoxy) is 1. The van der Waals surface area contributed by atoms with Gasteiger partial charge in [-0.3, -0.25) is 0 Å². The first kappa shape index (κ1) is 19.8. The van der Waals surface area contributed by atoms with E-state index in [-0.39, 0.29) is 6.10 Å². The predicted octanol–water partition coefficient (Wildman–Crippen LogP) is 4.10. The Labute approximate surface area is 166 Å². The van der Waals surface area contributed by atoms with Gasteiger partial charge in [0.2, 0.25) is 0 Å². The summed E-state index contributed by atoms with van der Waals surface area (Å²) in [6.45, 7) is 9.53. The largest absolute Gasteiger partial charge is 0.373 e. The van der Waals surface area contributed by atoms with Crippen LogP contribution in [0.3, 0.4) is 0 Å². The van der Waals surface area contributed by atoms with E-state index in [2.05, 4.69) is 66.0 Å². The fourth-order valence-corrected chi connectivity index (χ4v) is 4.11. The van der Waals surface area contributed by atoms with E-state index in [9.17, 15) is 0 Å². The molecular formula is C21H30N4OS. The molecule has 0 radical (unpaired) electrons. The first-order valence-corrected chi connectivity index (χ1v) is 10.7. The van der Waals surface area contributed by atoms with E-state index in [1.165, 1.54) is 5.56 Å². The number of aliphatic imine (C=N–C) groups is 1. The SMILES string of the molecule is CCNC(=NCc1nc(C(C)C)cs1)NCC1CCOC1c1ccccc1. The van der Waals surface area contributed by atoms with Crippen LogP contribution in [0.25, 0.3) is 0 Å². The summed E-state index contributed by atoms with van der Waals surface area (Å²) in [5, 5.41) is 10.0. The third-order valence-corrected chi connectivity index (χ3v) is 5.60. The molecule has 1 saturated heterocycles. The van der Waals surface area contributed by atoms with Crippen molar-refractivity contribution < 1.29 is 4.74 Å². The van der Waals surface area contributed by atoms with E-state index in [1.54, 1.807) is 11.3 Å². The molecule has 2 N–H and O–H groups in total. The molecule has 0 aliphatic carbocycles. The fourth-order valence-electron chi connectivity index (χ4n) is 3.23. The molecule has 0 bridgehead atoms. The summed E-state index contributed by atoms with van der Waals surface area (Å²) < 4.78 is 5.99. The summed E-state index contributed by atoms with van der Waals surface area (Å²) in [6.07, 6.45) is 1.23. The van der Waals surface area contributed by atoms with Crippen LogP contribution in [-0.2, 0) is 11.3 Å². The third-order valence-electron chi connectivity index (χ3n) is 4.75. The zero-order valence-corrected chi connectivity index (χ0v) is 17.3. The minimum atomic E-state index is 0.161. The van der Waals surface area contributed by atoms with Crippen molar-refractivity contribution in [2.75, 3.05) is 19.7 Å². The van der Waals surface area contributed by atoms with E-state index < -0.39 is 0 Å². The number of thiazole rings is 1. The maximum atomic E-state index is 5.99. The average Bonchev–Trinajstić information content (AvgIpc) is 3.34. The minimum absolute atomic E-state index is 0.161. The van der Waals surface area contributed by atoms with Gasteiger partial charge < -0.3 is 15.4 Å². The lowest BCUT2D eigenvalue weighted by Gasteiger charge is -2.20. The lowest BCUT2D eigenvalue weighted by Crippen LogP contribution is -2.40. The van der Waals surface area contributed by atoms with Gasteiger partial charge in [-0.1, -0.05) is 44.2 Å². The molecule has 1 fully saturated rings. The highest BCUT2D eigenvalue weighted by molar-refractivity contribution is 7.09. The van der Waals surface area contributed by atoms with Crippen molar-refractivity contribution in [3.63, 3.8) is 0 Å². The second-order valence-electron chi connectivity index (χ2n) is 7.15. The van der Waals surface area contributed by atoms with Crippen LogP contribution in [-0.4, -0.2) is 30.6 Å². The van der Waals surface area contributed by atoms with Crippen molar-refractivity contribution in [2.45, 2.75) is 45.8 Å². The van der Waals surface area contributed by atoms with E-state index in [1.807, 2.05) is 6.07 Å². The summed E-state index contributed by atoms with van der Waals surface area (Å²) in [6, 6.07) is 10.5. The molecule has 0 spiro atoms. The van der Waals surface area contributed by atoms with Crippen molar-refractivity contribution in [3.05, 3.63) is 52.0 Å². The molecule has 27 heavy (non-hydrogen) atoms. The summed E-state index contributed by atoms with van der Waals surface area (Å²) in [5.41, 5.74) is 2.41. The molecule has 0 saturated carbocycles. The van der Waals surface area contributed by atoms with Gasteiger partial charge in [0.15, 0.2) is 5.96 Å². The molecule has 2 aromatic rings. The standard InChI is InChI=1S/C21H30N4OS/c1-4-22-21(24-13-19-25-18(14-27-19)15(2)3)23-12-17-10-11-26-20(17)16-8-6-5-7-9-16/h5-9,14-15,17,20H,4,10-13H2,1-3H3,(H2,22,23,24). The second kappa shape index (κ2) is 9.85. The Kier molecular flexibility index (Phi) is 7.24. The van der Waals surface area contributed by atoms with Crippen LogP contribution >= 0.6 is 11.3 Å². The molecule has 2 heterocycles. The van der Waals surface area contributed by atoms with Crippen LogP contribution in [0, 0.1) is 5.92 Å². The van der Waals surface area contributed by atoms with E-state index >= 15 is 0 Å². The fraction of sp³-hybridized carbons (Fsp3) is 0.524. The van der Waals surface area contributed by atoms with Crippen molar-refractivity contribution in [1.29, 1.82) is 0 Å². The highest BCUT2D eigenvalue weighted by Crippen LogP contribution is 2.33. The van der Waals surface area contributed by atoms with Gasteiger partial charge in [-0.25, -0.2) is 9.98 Å². The van der Waals surface area contributed by atoms with E-state index in [0.717, 1.165) is 42.8 Å². The first-order chi connectivity index (χ1) is 13.2. The Morgan fingerprint density at radius 1 is 1.30 bits per heavy atom. The van der Waals surface area contributed by atoms with Gasteiger partial charge in [-0.05, 0) is 24.8 Å². The van der Waals surface area contributed by atoms with Crippen LogP contribution in [0.4, 0.5) is 0 Å². The lowest BCUT2D eigenvalue weighted by molar-refractivity contribution is 0.0915. The Balaban J connectivity index is 1.58. The Morgan fingerprint density at radius 2 is 2.11 bits per heavy atom. The summed E-state index contributed by atoms with van der Waals surface area (Å²) >= 11 is 1.69. The van der Waals surface area contributed by atoms with Crippen LogP contribution in [0.15, 0.2) is 40.7 Å². The first-order valence-electron chi connectivity index (χ1n) is 9.80. The maximum absolute atomic E-state index is 5.99. The highest BCUT2D eigenvalue weighted by Gasteiger charge is 2.29. The van der Waals surface area contributed by atoms with Crippen molar-refractivity contribution in [2.24, 2.45) is 10.9 Å². The zero-order chi connectivity index (χ0) is 19.1. The van der Waals surface area contributed by atoms with Crippen molar-refractivity contribution >= 4 is 17.3 Å². The van der Waals surface area contributed by atoms with Crippen molar-refractivity contribution in [1.82, 2.24) is 15.6 Å². The Morgan fingerprint density at radius 3 is 2.81 bits per heavy atom. The van der Waals surface area contributed by atoms with Gasteiger partial charge in [-0.2, -0.15) is 0 Å². The molecule has 1 aromatic carbocycles. The van der Waals surface area contributed by atoms with E-state index in [0.29, 0.717) is 18.4 Å². The molecule has 5 nitrogen and oxygen atoms in total. The number of nitrogens with one attached hydrogen (secondary N) is 2. The summed E-state index contributed by atoms with van der Waals surface area (Å²) in [5.74, 6) is 1.75. The van der Waals surface area contributed by atoms with Crippen molar-refractivity contribution in [3.8, 4) is 0 Å². The second-order valence-corrected chi connectivity index (χ2v) is 8.09. The molecule has 1 aromatic heterocycles. The molecular weight excluding hydrogens is 356 g/mol. The molecule has 0 amide bonds. The van der Waals surface area contributed by atoms with Crippen LogP contribution in [0.5, 0.6) is 0 Å². The smallest absolute Gasteiger partial charge is 0.191 e. The molecule has 146 valence electrons. The van der Waals surface area contributed by atoms with E-state index in [4.69, 9.17) is 9.73 Å². The van der Waals surface area contributed by atoms with Gasteiger partial charge in [0.1, 0.15) is 5.01 Å². The molecule has 2 unspecified atom stereocenters.